The molecule has 2 rings (SSSR count). The summed E-state index contributed by atoms with van der Waals surface area (Å²) in [5, 5.41) is 10.7. The van der Waals surface area contributed by atoms with Crippen LogP contribution in [0.5, 0.6) is 0 Å². The highest BCUT2D eigenvalue weighted by molar-refractivity contribution is 5.68. The first-order valence-corrected chi connectivity index (χ1v) is 8.09. The van der Waals surface area contributed by atoms with E-state index in [4.69, 9.17) is 9.47 Å². The van der Waals surface area contributed by atoms with Crippen molar-refractivity contribution in [3.05, 3.63) is 35.9 Å². The van der Waals surface area contributed by atoms with E-state index in [9.17, 15) is 9.90 Å². The molecule has 1 amide bonds. The molecule has 0 spiro atoms. The maximum atomic E-state index is 12.5. The normalized spacial score (nSPS) is 17.6. The molecule has 23 heavy (non-hydrogen) atoms. The van der Waals surface area contributed by atoms with E-state index in [1.54, 1.807) is 4.90 Å². The van der Waals surface area contributed by atoms with Gasteiger partial charge in [0.05, 0.1) is 12.1 Å². The maximum Gasteiger partial charge on any atom is 0.410 e. The van der Waals surface area contributed by atoms with Crippen LogP contribution in [0.3, 0.4) is 0 Å². The molecule has 1 aliphatic rings. The van der Waals surface area contributed by atoms with Gasteiger partial charge in [0.15, 0.2) is 0 Å². The van der Waals surface area contributed by atoms with Crippen molar-refractivity contribution in [3.63, 3.8) is 0 Å². The number of carbonyl (C=O) groups excluding carboxylic acids is 1. The van der Waals surface area contributed by atoms with Crippen LogP contribution in [0.1, 0.15) is 39.2 Å². The summed E-state index contributed by atoms with van der Waals surface area (Å²) < 4.78 is 10.8. The van der Waals surface area contributed by atoms with Gasteiger partial charge < -0.3 is 19.5 Å². The van der Waals surface area contributed by atoms with Crippen LogP contribution in [-0.4, -0.2) is 47.1 Å². The molecule has 0 aliphatic carbocycles. The molecule has 1 fully saturated rings. The van der Waals surface area contributed by atoms with Gasteiger partial charge in [-0.15, -0.1) is 0 Å². The van der Waals surface area contributed by atoms with Crippen LogP contribution in [0.4, 0.5) is 4.79 Å². The third kappa shape index (κ3) is 5.84. The van der Waals surface area contributed by atoms with Crippen molar-refractivity contribution in [1.29, 1.82) is 0 Å². The Kier molecular flexibility index (Phi) is 5.65. The predicted molar refractivity (Wildman–Crippen MR) is 88.1 cm³/mol. The highest BCUT2D eigenvalue weighted by atomic mass is 16.6. The van der Waals surface area contributed by atoms with E-state index in [1.165, 1.54) is 0 Å². The van der Waals surface area contributed by atoms with Gasteiger partial charge in [0.2, 0.25) is 0 Å². The second-order valence-electron chi connectivity index (χ2n) is 7.16. The largest absolute Gasteiger partial charge is 0.444 e. The lowest BCUT2D eigenvalue weighted by molar-refractivity contribution is -0.0824. The molecular formula is C18H27NO4. The zero-order chi connectivity index (χ0) is 16.9. The summed E-state index contributed by atoms with van der Waals surface area (Å²) in [6.07, 6.45) is 0.656. The van der Waals surface area contributed by atoms with Crippen molar-refractivity contribution in [2.75, 3.05) is 19.8 Å². The highest BCUT2D eigenvalue weighted by Gasteiger charge is 2.35. The Morgan fingerprint density at radius 1 is 1.26 bits per heavy atom. The van der Waals surface area contributed by atoms with Crippen molar-refractivity contribution in [1.82, 2.24) is 4.90 Å². The SMILES string of the molecule is CC(C)(C)OC(=O)N(Cc1ccccc1)CC1(O)CCOCC1. The van der Waals surface area contributed by atoms with Gasteiger partial charge in [0, 0.05) is 32.6 Å². The van der Waals surface area contributed by atoms with E-state index in [1.807, 2.05) is 51.1 Å². The quantitative estimate of drug-likeness (QED) is 0.926. The lowest BCUT2D eigenvalue weighted by atomic mass is 9.93. The Morgan fingerprint density at radius 2 is 1.87 bits per heavy atom. The Balaban J connectivity index is 2.11. The number of rotatable bonds is 4. The standard InChI is InChI=1S/C18H27NO4/c1-17(2,3)23-16(20)19(13-15-7-5-4-6-8-15)14-18(21)9-11-22-12-10-18/h4-8,21H,9-14H2,1-3H3. The molecule has 5 heteroatoms. The molecule has 1 aromatic rings. The van der Waals surface area contributed by atoms with E-state index < -0.39 is 17.3 Å². The van der Waals surface area contributed by atoms with Crippen LogP contribution in [0.15, 0.2) is 30.3 Å². The second kappa shape index (κ2) is 7.32. The summed E-state index contributed by atoms with van der Waals surface area (Å²) in [6.45, 7) is 7.23. The van der Waals surface area contributed by atoms with Gasteiger partial charge >= 0.3 is 6.09 Å². The maximum absolute atomic E-state index is 12.5. The minimum absolute atomic E-state index is 0.250. The second-order valence-corrected chi connectivity index (χ2v) is 7.16. The molecule has 1 aliphatic heterocycles. The van der Waals surface area contributed by atoms with Gasteiger partial charge in [-0.1, -0.05) is 30.3 Å². The van der Waals surface area contributed by atoms with Crippen LogP contribution < -0.4 is 0 Å². The first kappa shape index (κ1) is 17.8. The summed E-state index contributed by atoms with van der Waals surface area (Å²) in [7, 11) is 0. The van der Waals surface area contributed by atoms with Crippen LogP contribution >= 0.6 is 0 Å². The van der Waals surface area contributed by atoms with Crippen molar-refractivity contribution in [2.24, 2.45) is 0 Å². The molecule has 1 aromatic carbocycles. The van der Waals surface area contributed by atoms with Crippen molar-refractivity contribution in [3.8, 4) is 0 Å². The molecule has 0 bridgehead atoms. The van der Waals surface area contributed by atoms with Crippen molar-refractivity contribution < 1.29 is 19.4 Å². The van der Waals surface area contributed by atoms with Crippen LogP contribution in [0.2, 0.25) is 0 Å². The fourth-order valence-corrected chi connectivity index (χ4v) is 2.58. The zero-order valence-corrected chi connectivity index (χ0v) is 14.2. The summed E-state index contributed by atoms with van der Waals surface area (Å²) in [5.74, 6) is 0. The number of amides is 1. The molecule has 1 heterocycles. The van der Waals surface area contributed by atoms with Crippen LogP contribution in [-0.2, 0) is 16.0 Å². The van der Waals surface area contributed by atoms with Gasteiger partial charge in [0.25, 0.3) is 0 Å². The van der Waals surface area contributed by atoms with Gasteiger partial charge in [-0.2, -0.15) is 0 Å². The Hall–Kier alpha value is -1.59. The number of nitrogens with zero attached hydrogens (tertiary/aromatic N) is 1. The third-order valence-corrected chi connectivity index (χ3v) is 3.78. The highest BCUT2D eigenvalue weighted by Crippen LogP contribution is 2.24. The molecule has 1 saturated heterocycles. The molecule has 0 radical (unpaired) electrons. The molecular weight excluding hydrogens is 294 g/mol. The minimum Gasteiger partial charge on any atom is -0.444 e. The number of hydrogen-bond acceptors (Lipinski definition) is 4. The smallest absolute Gasteiger partial charge is 0.410 e. The molecule has 0 saturated carbocycles. The summed E-state index contributed by atoms with van der Waals surface area (Å²) in [4.78, 5) is 14.1. The molecule has 1 N–H and O–H groups in total. The molecule has 0 atom stereocenters. The average Bonchev–Trinajstić information content (AvgIpc) is 2.46. The zero-order valence-electron chi connectivity index (χ0n) is 14.2. The molecule has 0 unspecified atom stereocenters. The van der Waals surface area contributed by atoms with Gasteiger partial charge in [-0.05, 0) is 26.3 Å². The Labute approximate surface area is 138 Å². The fraction of sp³-hybridized carbons (Fsp3) is 0.611. The van der Waals surface area contributed by atoms with E-state index in [-0.39, 0.29) is 6.54 Å². The van der Waals surface area contributed by atoms with Crippen LogP contribution in [0, 0.1) is 0 Å². The monoisotopic (exact) mass is 321 g/mol. The number of benzene rings is 1. The van der Waals surface area contributed by atoms with E-state index >= 15 is 0 Å². The van der Waals surface area contributed by atoms with E-state index in [2.05, 4.69) is 0 Å². The summed E-state index contributed by atoms with van der Waals surface area (Å²) in [6, 6.07) is 9.74. The average molecular weight is 321 g/mol. The summed E-state index contributed by atoms with van der Waals surface area (Å²) in [5.41, 5.74) is -0.470. The topological polar surface area (TPSA) is 59.0 Å². The first-order chi connectivity index (χ1) is 10.8. The van der Waals surface area contributed by atoms with Gasteiger partial charge in [-0.25, -0.2) is 4.79 Å². The van der Waals surface area contributed by atoms with E-state index in [0.29, 0.717) is 32.6 Å². The first-order valence-electron chi connectivity index (χ1n) is 8.09. The fourth-order valence-electron chi connectivity index (χ4n) is 2.58. The summed E-state index contributed by atoms with van der Waals surface area (Å²) >= 11 is 0. The van der Waals surface area contributed by atoms with Gasteiger partial charge in [0.1, 0.15) is 5.60 Å². The number of ether oxygens (including phenoxy) is 2. The Bertz CT molecular complexity index is 504. The van der Waals surface area contributed by atoms with Gasteiger partial charge in [-0.3, -0.25) is 0 Å². The molecule has 128 valence electrons. The number of hydrogen-bond donors (Lipinski definition) is 1. The van der Waals surface area contributed by atoms with Crippen molar-refractivity contribution >= 4 is 6.09 Å². The van der Waals surface area contributed by atoms with E-state index in [0.717, 1.165) is 5.56 Å². The third-order valence-electron chi connectivity index (χ3n) is 3.78. The Morgan fingerprint density at radius 3 is 2.43 bits per heavy atom. The molecule has 0 aromatic heterocycles. The lowest BCUT2D eigenvalue weighted by Crippen LogP contribution is -2.49. The number of carbonyl (C=O) groups is 1. The van der Waals surface area contributed by atoms with Crippen molar-refractivity contribution in [2.45, 2.75) is 51.4 Å². The number of aliphatic hydroxyl groups is 1. The minimum atomic E-state index is -0.913. The predicted octanol–water partition coefficient (Wildman–Crippen LogP) is 2.97. The van der Waals surface area contributed by atoms with Crippen LogP contribution in [0.25, 0.3) is 0 Å². The lowest BCUT2D eigenvalue weighted by Gasteiger charge is -2.37. The molecule has 5 nitrogen and oxygen atoms in total.